The predicted octanol–water partition coefficient (Wildman–Crippen LogP) is 2.19. The van der Waals surface area contributed by atoms with E-state index in [1.807, 2.05) is 6.92 Å². The Morgan fingerprint density at radius 2 is 2.00 bits per heavy atom. The smallest absolute Gasteiger partial charge is 0.0653 e. The fraction of sp³-hybridized carbons (Fsp3) is 1.00. The van der Waals surface area contributed by atoms with Gasteiger partial charge in [0.05, 0.1) is 5.60 Å². The molecule has 2 rings (SSSR count). The third-order valence-corrected chi connectivity index (χ3v) is 4.12. The summed E-state index contributed by atoms with van der Waals surface area (Å²) >= 11 is 0. The Balaban J connectivity index is 2.17. The van der Waals surface area contributed by atoms with Crippen molar-refractivity contribution in [3.05, 3.63) is 0 Å². The normalized spacial score (nSPS) is 54.8. The first-order chi connectivity index (χ1) is 4.99. The SMILES string of the molecule is CC(C)[C@@]12CC[C@](C)(O)[C@H]1C2. The van der Waals surface area contributed by atoms with Crippen LogP contribution in [0.1, 0.15) is 40.0 Å². The molecule has 0 aliphatic heterocycles. The molecule has 1 nitrogen and oxygen atoms in total. The minimum Gasteiger partial charge on any atom is -0.390 e. The Hall–Kier alpha value is -0.0400. The predicted molar refractivity (Wildman–Crippen MR) is 45.2 cm³/mol. The van der Waals surface area contributed by atoms with Gasteiger partial charge in [0.1, 0.15) is 0 Å². The van der Waals surface area contributed by atoms with Gasteiger partial charge in [0.25, 0.3) is 0 Å². The van der Waals surface area contributed by atoms with Crippen molar-refractivity contribution in [3.8, 4) is 0 Å². The Bertz CT molecular complexity index is 183. The molecule has 2 aliphatic carbocycles. The van der Waals surface area contributed by atoms with Crippen molar-refractivity contribution >= 4 is 0 Å². The average Bonchev–Trinajstić information content (AvgIpc) is 2.54. The summed E-state index contributed by atoms with van der Waals surface area (Å²) < 4.78 is 0. The number of hydrogen-bond donors (Lipinski definition) is 1. The lowest BCUT2D eigenvalue weighted by Gasteiger charge is -2.17. The second kappa shape index (κ2) is 1.82. The van der Waals surface area contributed by atoms with Crippen LogP contribution in [0.25, 0.3) is 0 Å². The summed E-state index contributed by atoms with van der Waals surface area (Å²) in [6.45, 7) is 6.59. The van der Waals surface area contributed by atoms with Crippen LogP contribution in [0.3, 0.4) is 0 Å². The van der Waals surface area contributed by atoms with E-state index in [0.717, 1.165) is 12.3 Å². The molecule has 0 saturated heterocycles. The second-order valence-electron chi connectivity index (χ2n) is 5.00. The van der Waals surface area contributed by atoms with E-state index in [9.17, 15) is 5.11 Å². The van der Waals surface area contributed by atoms with Gasteiger partial charge in [-0.3, -0.25) is 0 Å². The molecule has 0 bridgehead atoms. The third kappa shape index (κ3) is 0.807. The number of aliphatic hydroxyl groups is 1. The van der Waals surface area contributed by atoms with Crippen LogP contribution in [0.4, 0.5) is 0 Å². The summed E-state index contributed by atoms with van der Waals surface area (Å²) in [4.78, 5) is 0. The van der Waals surface area contributed by atoms with Crippen LogP contribution in [0.2, 0.25) is 0 Å². The van der Waals surface area contributed by atoms with Crippen LogP contribution in [0.15, 0.2) is 0 Å². The zero-order valence-electron chi connectivity index (χ0n) is 7.72. The lowest BCUT2D eigenvalue weighted by atomic mass is 9.90. The van der Waals surface area contributed by atoms with Crippen LogP contribution in [0.5, 0.6) is 0 Å². The molecule has 3 atom stereocenters. The highest BCUT2D eigenvalue weighted by molar-refractivity contribution is 5.16. The summed E-state index contributed by atoms with van der Waals surface area (Å²) in [6, 6.07) is 0. The maximum atomic E-state index is 9.92. The average molecular weight is 154 g/mol. The van der Waals surface area contributed by atoms with Gasteiger partial charge < -0.3 is 5.11 Å². The number of rotatable bonds is 1. The van der Waals surface area contributed by atoms with Crippen molar-refractivity contribution in [3.63, 3.8) is 0 Å². The molecular formula is C10H18O. The Morgan fingerprint density at radius 3 is 2.18 bits per heavy atom. The molecule has 0 amide bonds. The Kier molecular flexibility index (Phi) is 1.26. The van der Waals surface area contributed by atoms with Crippen LogP contribution in [0, 0.1) is 17.3 Å². The summed E-state index contributed by atoms with van der Waals surface area (Å²) in [6.07, 6.45) is 3.55. The van der Waals surface area contributed by atoms with Gasteiger partial charge in [-0.25, -0.2) is 0 Å². The molecule has 0 heterocycles. The molecule has 2 aliphatic rings. The van der Waals surface area contributed by atoms with Crippen molar-refractivity contribution in [1.29, 1.82) is 0 Å². The molecule has 2 fully saturated rings. The summed E-state index contributed by atoms with van der Waals surface area (Å²) in [7, 11) is 0. The van der Waals surface area contributed by atoms with Gasteiger partial charge >= 0.3 is 0 Å². The van der Waals surface area contributed by atoms with Crippen molar-refractivity contribution in [2.45, 2.75) is 45.6 Å². The van der Waals surface area contributed by atoms with E-state index < -0.39 is 0 Å². The molecule has 0 unspecified atom stereocenters. The first-order valence-electron chi connectivity index (χ1n) is 4.71. The maximum Gasteiger partial charge on any atom is 0.0653 e. The van der Waals surface area contributed by atoms with Crippen molar-refractivity contribution < 1.29 is 5.11 Å². The molecule has 11 heavy (non-hydrogen) atoms. The highest BCUT2D eigenvalue weighted by atomic mass is 16.3. The highest BCUT2D eigenvalue weighted by Gasteiger charge is 2.67. The van der Waals surface area contributed by atoms with Gasteiger partial charge in [-0.1, -0.05) is 13.8 Å². The number of hydrogen-bond acceptors (Lipinski definition) is 1. The fourth-order valence-corrected chi connectivity index (χ4v) is 3.02. The van der Waals surface area contributed by atoms with E-state index >= 15 is 0 Å². The Labute approximate surface area is 68.8 Å². The first kappa shape index (κ1) is 7.60. The summed E-state index contributed by atoms with van der Waals surface area (Å²) in [5.41, 5.74) is 0.216. The molecular weight excluding hydrogens is 136 g/mol. The van der Waals surface area contributed by atoms with Crippen molar-refractivity contribution in [1.82, 2.24) is 0 Å². The standard InChI is InChI=1S/C10H18O/c1-7(2)10-5-4-9(3,11)8(10)6-10/h7-8,11H,4-6H2,1-3H3/t8-,9+,10+/m1/s1. The molecule has 1 heteroatoms. The van der Waals surface area contributed by atoms with Crippen molar-refractivity contribution in [2.75, 3.05) is 0 Å². The molecule has 0 aromatic rings. The van der Waals surface area contributed by atoms with E-state index in [1.165, 1.54) is 12.8 Å². The van der Waals surface area contributed by atoms with E-state index in [0.29, 0.717) is 11.3 Å². The monoisotopic (exact) mass is 154 g/mol. The molecule has 0 aromatic carbocycles. The topological polar surface area (TPSA) is 20.2 Å². The van der Waals surface area contributed by atoms with Gasteiger partial charge in [-0.05, 0) is 43.4 Å². The summed E-state index contributed by atoms with van der Waals surface area (Å²) in [5, 5.41) is 9.92. The van der Waals surface area contributed by atoms with Gasteiger partial charge in [0.15, 0.2) is 0 Å². The molecule has 0 radical (unpaired) electrons. The van der Waals surface area contributed by atoms with E-state index in [1.54, 1.807) is 0 Å². The minimum absolute atomic E-state index is 0.329. The molecule has 1 N–H and O–H groups in total. The van der Waals surface area contributed by atoms with Crippen LogP contribution in [-0.2, 0) is 0 Å². The van der Waals surface area contributed by atoms with Gasteiger partial charge in [-0.15, -0.1) is 0 Å². The lowest BCUT2D eigenvalue weighted by molar-refractivity contribution is 0.0426. The Morgan fingerprint density at radius 1 is 1.36 bits per heavy atom. The molecule has 2 saturated carbocycles. The molecule has 64 valence electrons. The lowest BCUT2D eigenvalue weighted by Crippen LogP contribution is -2.23. The minimum atomic E-state index is -0.329. The molecule has 0 aromatic heterocycles. The van der Waals surface area contributed by atoms with E-state index in [2.05, 4.69) is 13.8 Å². The van der Waals surface area contributed by atoms with E-state index in [-0.39, 0.29) is 5.60 Å². The zero-order chi connectivity index (χ0) is 8.28. The largest absolute Gasteiger partial charge is 0.390 e. The quantitative estimate of drug-likeness (QED) is 0.614. The zero-order valence-corrected chi connectivity index (χ0v) is 7.72. The fourth-order valence-electron chi connectivity index (χ4n) is 3.02. The maximum absolute atomic E-state index is 9.92. The summed E-state index contributed by atoms with van der Waals surface area (Å²) in [5.74, 6) is 1.39. The molecule has 0 spiro atoms. The van der Waals surface area contributed by atoms with Gasteiger partial charge in [-0.2, -0.15) is 0 Å². The first-order valence-corrected chi connectivity index (χ1v) is 4.71. The van der Waals surface area contributed by atoms with Crippen LogP contribution < -0.4 is 0 Å². The van der Waals surface area contributed by atoms with Crippen LogP contribution >= 0.6 is 0 Å². The van der Waals surface area contributed by atoms with Crippen molar-refractivity contribution in [2.24, 2.45) is 17.3 Å². The second-order valence-corrected chi connectivity index (χ2v) is 5.00. The van der Waals surface area contributed by atoms with Gasteiger partial charge in [0, 0.05) is 0 Å². The van der Waals surface area contributed by atoms with Gasteiger partial charge in [0.2, 0.25) is 0 Å². The third-order valence-electron chi connectivity index (χ3n) is 4.12. The van der Waals surface area contributed by atoms with E-state index in [4.69, 9.17) is 0 Å². The highest BCUT2D eigenvalue weighted by Crippen LogP contribution is 2.70. The number of fused-ring (bicyclic) bond motifs is 1. The van der Waals surface area contributed by atoms with Crippen LogP contribution in [-0.4, -0.2) is 10.7 Å².